The summed E-state index contributed by atoms with van der Waals surface area (Å²) < 4.78 is 3.96. The largest absolute Gasteiger partial charge is 0.398 e. The molecular formula is C18H16Cl2N4O3S. The molecule has 1 aromatic carbocycles. The summed E-state index contributed by atoms with van der Waals surface area (Å²) in [4.78, 5) is 23.2. The van der Waals surface area contributed by atoms with Crippen molar-refractivity contribution >= 4 is 52.1 Å². The maximum absolute atomic E-state index is 12.3. The van der Waals surface area contributed by atoms with Crippen LogP contribution in [0.25, 0.3) is 0 Å². The average molecular weight is 439 g/mol. The minimum atomic E-state index is -0.460. The number of hydrogen-bond donors (Lipinski definition) is 1. The molecule has 0 spiro atoms. The highest BCUT2D eigenvalue weighted by Crippen LogP contribution is 2.29. The molecule has 1 N–H and O–H groups in total. The molecule has 0 saturated heterocycles. The van der Waals surface area contributed by atoms with Crippen molar-refractivity contribution < 1.29 is 14.5 Å². The van der Waals surface area contributed by atoms with Crippen LogP contribution in [0.1, 0.15) is 22.9 Å². The van der Waals surface area contributed by atoms with Gasteiger partial charge in [0.15, 0.2) is 10.9 Å². The van der Waals surface area contributed by atoms with E-state index in [4.69, 9.17) is 39.3 Å². The standard InChI is InChI=1S/C18H16Cl2N4O3S/c1-4-9-21-18(25)15(23-26-3)13-8-6-5-7-12(13)10-27-22-11(2)16-14(19)17(20)24-28-16/h1,5-8H,9-10H2,2-3H3,(H,21,25)/b22-11+,23-15+. The van der Waals surface area contributed by atoms with Crippen molar-refractivity contribution in [2.24, 2.45) is 10.3 Å². The van der Waals surface area contributed by atoms with Gasteiger partial charge in [-0.15, -0.1) is 6.42 Å². The van der Waals surface area contributed by atoms with Gasteiger partial charge in [-0.05, 0) is 18.5 Å². The summed E-state index contributed by atoms with van der Waals surface area (Å²) in [6, 6.07) is 7.09. The van der Waals surface area contributed by atoms with Crippen LogP contribution < -0.4 is 5.32 Å². The molecule has 0 aliphatic rings. The van der Waals surface area contributed by atoms with E-state index in [1.54, 1.807) is 25.1 Å². The third-order valence-corrected chi connectivity index (χ3v) is 5.28. The molecule has 1 heterocycles. The predicted molar refractivity (Wildman–Crippen MR) is 111 cm³/mol. The Morgan fingerprint density at radius 1 is 1.36 bits per heavy atom. The minimum absolute atomic E-state index is 0.0713. The summed E-state index contributed by atoms with van der Waals surface area (Å²) in [6.07, 6.45) is 5.18. The van der Waals surface area contributed by atoms with E-state index in [1.165, 1.54) is 7.11 Å². The number of oxime groups is 2. The summed E-state index contributed by atoms with van der Waals surface area (Å²) in [5, 5.41) is 11.0. The van der Waals surface area contributed by atoms with E-state index in [9.17, 15) is 4.79 Å². The first-order valence-electron chi connectivity index (χ1n) is 7.88. The monoisotopic (exact) mass is 438 g/mol. The maximum atomic E-state index is 12.3. The van der Waals surface area contributed by atoms with Crippen LogP contribution in [0.4, 0.5) is 0 Å². The van der Waals surface area contributed by atoms with Crippen molar-refractivity contribution in [2.75, 3.05) is 13.7 Å². The number of hydrogen-bond acceptors (Lipinski definition) is 7. The molecule has 28 heavy (non-hydrogen) atoms. The highest BCUT2D eigenvalue weighted by atomic mass is 35.5. The number of halogens is 2. The normalized spacial score (nSPS) is 11.7. The Labute approximate surface area is 176 Å². The smallest absolute Gasteiger partial charge is 0.274 e. The van der Waals surface area contributed by atoms with Gasteiger partial charge >= 0.3 is 0 Å². The Bertz CT molecular complexity index is 951. The van der Waals surface area contributed by atoms with E-state index in [2.05, 4.69) is 25.9 Å². The van der Waals surface area contributed by atoms with Gasteiger partial charge in [0.05, 0.1) is 22.2 Å². The van der Waals surface area contributed by atoms with Crippen LogP contribution in [0.3, 0.4) is 0 Å². The number of nitrogens with zero attached hydrogens (tertiary/aromatic N) is 3. The number of carbonyl (C=O) groups is 1. The van der Waals surface area contributed by atoms with Crippen LogP contribution in [0.2, 0.25) is 10.2 Å². The molecule has 0 saturated carbocycles. The zero-order valence-electron chi connectivity index (χ0n) is 15.0. The van der Waals surface area contributed by atoms with E-state index in [0.717, 1.165) is 11.5 Å². The number of rotatable bonds is 8. The number of benzene rings is 1. The number of amides is 1. The number of nitrogens with one attached hydrogen (secondary N) is 1. The first-order chi connectivity index (χ1) is 13.5. The van der Waals surface area contributed by atoms with Gasteiger partial charge in [-0.3, -0.25) is 4.79 Å². The zero-order valence-corrected chi connectivity index (χ0v) is 17.4. The molecule has 1 aromatic heterocycles. The molecule has 0 aliphatic heterocycles. The molecule has 0 unspecified atom stereocenters. The summed E-state index contributed by atoms with van der Waals surface area (Å²) >= 11 is 13.0. The van der Waals surface area contributed by atoms with Crippen molar-refractivity contribution in [3.63, 3.8) is 0 Å². The van der Waals surface area contributed by atoms with Gasteiger partial charge in [0.25, 0.3) is 5.91 Å². The van der Waals surface area contributed by atoms with Gasteiger partial charge in [0, 0.05) is 11.1 Å². The molecule has 0 fully saturated rings. The van der Waals surface area contributed by atoms with Crippen molar-refractivity contribution in [3.05, 3.63) is 50.4 Å². The molecule has 7 nitrogen and oxygen atoms in total. The van der Waals surface area contributed by atoms with Crippen LogP contribution in [-0.4, -0.2) is 35.4 Å². The third kappa shape index (κ3) is 5.45. The van der Waals surface area contributed by atoms with Crippen molar-refractivity contribution in [3.8, 4) is 12.3 Å². The van der Waals surface area contributed by atoms with Gasteiger partial charge in [-0.2, -0.15) is 4.37 Å². The molecule has 2 aromatic rings. The lowest BCUT2D eigenvalue weighted by atomic mass is 10.0. The number of carbonyl (C=O) groups excluding carboxylic acids is 1. The van der Waals surface area contributed by atoms with Gasteiger partial charge in [-0.1, -0.05) is 63.7 Å². The van der Waals surface area contributed by atoms with Crippen LogP contribution in [-0.2, 0) is 21.1 Å². The van der Waals surface area contributed by atoms with Gasteiger partial charge in [0.1, 0.15) is 13.7 Å². The fourth-order valence-corrected chi connectivity index (χ4v) is 3.32. The fraction of sp³-hybridized carbons (Fsp3) is 0.222. The predicted octanol–water partition coefficient (Wildman–Crippen LogP) is 3.49. The van der Waals surface area contributed by atoms with E-state index >= 15 is 0 Å². The van der Waals surface area contributed by atoms with Crippen LogP contribution in [0.5, 0.6) is 0 Å². The lowest BCUT2D eigenvalue weighted by Gasteiger charge is -2.10. The Hall–Kier alpha value is -2.60. The Kier molecular flexibility index (Phi) is 8.26. The summed E-state index contributed by atoms with van der Waals surface area (Å²) in [6.45, 7) is 1.89. The Balaban J connectivity index is 2.20. The highest BCUT2D eigenvalue weighted by Gasteiger charge is 2.18. The molecule has 0 bridgehead atoms. The van der Waals surface area contributed by atoms with Crippen molar-refractivity contribution in [1.82, 2.24) is 9.69 Å². The van der Waals surface area contributed by atoms with Crippen LogP contribution >= 0.6 is 34.7 Å². The van der Waals surface area contributed by atoms with Crippen molar-refractivity contribution in [1.29, 1.82) is 0 Å². The van der Waals surface area contributed by atoms with E-state index in [0.29, 0.717) is 26.7 Å². The lowest BCUT2D eigenvalue weighted by Crippen LogP contribution is -2.32. The number of terminal acetylenes is 1. The van der Waals surface area contributed by atoms with Gasteiger partial charge in [-0.25, -0.2) is 0 Å². The third-order valence-electron chi connectivity index (χ3n) is 3.37. The fourth-order valence-electron chi connectivity index (χ4n) is 2.12. The van der Waals surface area contributed by atoms with Crippen LogP contribution in [0.15, 0.2) is 34.6 Å². The summed E-state index contributed by atoms with van der Waals surface area (Å²) in [5.74, 6) is 1.88. The average Bonchev–Trinajstić information content (AvgIpc) is 3.03. The Morgan fingerprint density at radius 3 is 2.75 bits per heavy atom. The Morgan fingerprint density at radius 2 is 2.11 bits per heavy atom. The van der Waals surface area contributed by atoms with E-state index < -0.39 is 5.91 Å². The summed E-state index contributed by atoms with van der Waals surface area (Å²) in [5.41, 5.74) is 1.82. The molecule has 2 rings (SSSR count). The summed E-state index contributed by atoms with van der Waals surface area (Å²) in [7, 11) is 1.35. The van der Waals surface area contributed by atoms with E-state index in [-0.39, 0.29) is 24.0 Å². The zero-order chi connectivity index (χ0) is 20.5. The topological polar surface area (TPSA) is 85.2 Å². The van der Waals surface area contributed by atoms with Gasteiger partial charge < -0.3 is 15.0 Å². The van der Waals surface area contributed by atoms with E-state index in [1.807, 2.05) is 6.07 Å². The van der Waals surface area contributed by atoms with Crippen LogP contribution in [0, 0.1) is 12.3 Å². The first-order valence-corrected chi connectivity index (χ1v) is 9.41. The number of aromatic nitrogens is 1. The molecule has 1 amide bonds. The quantitative estimate of drug-likeness (QED) is 0.388. The maximum Gasteiger partial charge on any atom is 0.274 e. The molecule has 0 radical (unpaired) electrons. The first kappa shape index (κ1) is 21.7. The lowest BCUT2D eigenvalue weighted by molar-refractivity contribution is -0.114. The molecule has 146 valence electrons. The second-order valence-corrected chi connectivity index (χ2v) is 6.74. The second kappa shape index (κ2) is 10.7. The second-order valence-electron chi connectivity index (χ2n) is 5.23. The SMILES string of the molecule is C#CCNC(=O)/C(=N/OC)c1ccccc1CO/N=C(\C)c1snc(Cl)c1Cl. The van der Waals surface area contributed by atoms with Crippen molar-refractivity contribution in [2.45, 2.75) is 13.5 Å². The van der Waals surface area contributed by atoms with Gasteiger partial charge in [0.2, 0.25) is 0 Å². The minimum Gasteiger partial charge on any atom is -0.398 e. The highest BCUT2D eigenvalue weighted by molar-refractivity contribution is 7.09. The molecule has 0 aliphatic carbocycles. The molecular weight excluding hydrogens is 423 g/mol. The molecule has 10 heteroatoms. The molecule has 0 atom stereocenters.